The van der Waals surface area contributed by atoms with Crippen molar-refractivity contribution in [1.29, 1.82) is 0 Å². The van der Waals surface area contributed by atoms with Crippen LogP contribution in [-0.2, 0) is 9.84 Å². The van der Waals surface area contributed by atoms with Crippen molar-refractivity contribution < 1.29 is 17.9 Å². The average molecular weight is 280 g/mol. The molecule has 0 aliphatic heterocycles. The maximum atomic E-state index is 12.8. The lowest BCUT2D eigenvalue weighted by Crippen LogP contribution is -2.14. The lowest BCUT2D eigenvalue weighted by molar-refractivity contribution is 0.201. The summed E-state index contributed by atoms with van der Waals surface area (Å²) in [5.41, 5.74) is 0.376. The third-order valence-corrected chi connectivity index (χ3v) is 4.48. The van der Waals surface area contributed by atoms with E-state index in [1.54, 1.807) is 18.2 Å². The predicted octanol–water partition coefficient (Wildman–Crippen LogP) is 2.33. The molecule has 1 N–H and O–H groups in total. The minimum atomic E-state index is -3.56. The number of hydrogen-bond donors (Lipinski definition) is 1. The molecule has 0 aliphatic carbocycles. The zero-order chi connectivity index (χ0) is 13.9. The first kappa shape index (κ1) is 13.7. The van der Waals surface area contributed by atoms with Gasteiger partial charge in [-0.2, -0.15) is 0 Å². The molecule has 0 bridgehead atoms. The second-order valence-electron chi connectivity index (χ2n) is 4.16. The molecule has 0 aromatic heterocycles. The van der Waals surface area contributed by atoms with E-state index in [0.29, 0.717) is 5.56 Å². The zero-order valence-corrected chi connectivity index (χ0v) is 10.8. The van der Waals surface area contributed by atoms with Crippen molar-refractivity contribution in [2.24, 2.45) is 0 Å². The van der Waals surface area contributed by atoms with Gasteiger partial charge in [0.25, 0.3) is 0 Å². The molecule has 3 nitrogen and oxygen atoms in total. The van der Waals surface area contributed by atoms with Gasteiger partial charge in [-0.25, -0.2) is 12.8 Å². The van der Waals surface area contributed by atoms with Crippen molar-refractivity contribution in [2.75, 3.05) is 5.75 Å². The third kappa shape index (κ3) is 3.39. The number of rotatable bonds is 4. The van der Waals surface area contributed by atoms with Crippen molar-refractivity contribution in [3.8, 4) is 0 Å². The topological polar surface area (TPSA) is 54.4 Å². The third-order valence-electron chi connectivity index (χ3n) is 2.73. The molecule has 5 heteroatoms. The number of benzene rings is 2. The van der Waals surface area contributed by atoms with Crippen molar-refractivity contribution in [1.82, 2.24) is 0 Å². The van der Waals surface area contributed by atoms with E-state index in [1.165, 1.54) is 36.4 Å². The van der Waals surface area contributed by atoms with Crippen LogP contribution in [0.4, 0.5) is 4.39 Å². The Balaban J connectivity index is 2.19. The fraction of sp³-hybridized carbons (Fsp3) is 0.143. The number of aliphatic hydroxyl groups excluding tert-OH is 1. The summed E-state index contributed by atoms with van der Waals surface area (Å²) in [4.78, 5) is 0.163. The lowest BCUT2D eigenvalue weighted by atomic mass is 10.1. The minimum absolute atomic E-state index is 0.163. The molecule has 0 heterocycles. The summed E-state index contributed by atoms with van der Waals surface area (Å²) in [5, 5.41) is 9.91. The number of aliphatic hydroxyl groups is 1. The summed E-state index contributed by atoms with van der Waals surface area (Å²) in [6.45, 7) is 0. The van der Waals surface area contributed by atoms with Gasteiger partial charge in [-0.15, -0.1) is 0 Å². The molecule has 0 fully saturated rings. The molecule has 2 aromatic rings. The smallest absolute Gasteiger partial charge is 0.181 e. The van der Waals surface area contributed by atoms with Crippen molar-refractivity contribution in [2.45, 2.75) is 11.0 Å². The molecule has 0 amide bonds. The molecule has 2 rings (SSSR count). The number of halogens is 1. The van der Waals surface area contributed by atoms with Crippen LogP contribution in [0.2, 0.25) is 0 Å². The van der Waals surface area contributed by atoms with Gasteiger partial charge < -0.3 is 5.11 Å². The maximum Gasteiger partial charge on any atom is 0.181 e. The highest BCUT2D eigenvalue weighted by Crippen LogP contribution is 2.19. The van der Waals surface area contributed by atoms with E-state index in [9.17, 15) is 17.9 Å². The van der Waals surface area contributed by atoms with Crippen LogP contribution >= 0.6 is 0 Å². The molecule has 0 radical (unpaired) electrons. The molecule has 0 saturated carbocycles. The van der Waals surface area contributed by atoms with E-state index in [0.717, 1.165) is 0 Å². The van der Waals surface area contributed by atoms with Crippen LogP contribution in [0, 0.1) is 5.82 Å². The SMILES string of the molecule is O=S(=O)(C[C@@H](O)c1ccc(F)cc1)c1ccccc1. The highest BCUT2D eigenvalue weighted by Gasteiger charge is 2.20. The van der Waals surface area contributed by atoms with Crippen molar-refractivity contribution >= 4 is 9.84 Å². The lowest BCUT2D eigenvalue weighted by Gasteiger charge is -2.11. The van der Waals surface area contributed by atoms with Gasteiger partial charge in [-0.05, 0) is 29.8 Å². The van der Waals surface area contributed by atoms with Gasteiger partial charge in [0.05, 0.1) is 16.8 Å². The Bertz CT molecular complexity index is 636. The summed E-state index contributed by atoms with van der Waals surface area (Å²) >= 11 is 0. The number of hydrogen-bond acceptors (Lipinski definition) is 3. The van der Waals surface area contributed by atoms with Gasteiger partial charge >= 0.3 is 0 Å². The van der Waals surface area contributed by atoms with E-state index in [1.807, 2.05) is 0 Å². The summed E-state index contributed by atoms with van der Waals surface area (Å²) in [6.07, 6.45) is -1.18. The van der Waals surface area contributed by atoms with Gasteiger partial charge in [0, 0.05) is 0 Å². The van der Waals surface area contributed by atoms with E-state index in [4.69, 9.17) is 0 Å². The molecule has 1 atom stereocenters. The average Bonchev–Trinajstić information content (AvgIpc) is 2.40. The Morgan fingerprint density at radius 2 is 1.58 bits per heavy atom. The fourth-order valence-electron chi connectivity index (χ4n) is 1.71. The molecule has 19 heavy (non-hydrogen) atoms. The first-order chi connectivity index (χ1) is 8.99. The molecule has 0 saturated heterocycles. The Labute approximate surface area is 111 Å². The minimum Gasteiger partial charge on any atom is -0.387 e. The fourth-order valence-corrected chi connectivity index (χ4v) is 3.09. The highest BCUT2D eigenvalue weighted by molar-refractivity contribution is 7.91. The van der Waals surface area contributed by atoms with Crippen molar-refractivity contribution in [3.05, 3.63) is 66.0 Å². The molecule has 0 aliphatic rings. The Morgan fingerprint density at radius 1 is 1.00 bits per heavy atom. The standard InChI is InChI=1S/C14H13FO3S/c15-12-8-6-11(7-9-12)14(16)10-19(17,18)13-4-2-1-3-5-13/h1-9,14,16H,10H2/t14-/m1/s1. The second kappa shape index (κ2) is 5.50. The van der Waals surface area contributed by atoms with Gasteiger partial charge in [0.1, 0.15) is 5.82 Å². The second-order valence-corrected chi connectivity index (χ2v) is 6.20. The Morgan fingerprint density at radius 3 is 2.16 bits per heavy atom. The van der Waals surface area contributed by atoms with Gasteiger partial charge in [0.2, 0.25) is 0 Å². The van der Waals surface area contributed by atoms with Crippen molar-refractivity contribution in [3.63, 3.8) is 0 Å². The molecule has 0 spiro atoms. The van der Waals surface area contributed by atoms with Crippen LogP contribution in [0.5, 0.6) is 0 Å². The molecule has 2 aromatic carbocycles. The first-order valence-corrected chi connectivity index (χ1v) is 7.35. The molecule has 0 unspecified atom stereocenters. The predicted molar refractivity (Wildman–Crippen MR) is 69.9 cm³/mol. The quantitative estimate of drug-likeness (QED) is 0.935. The summed E-state index contributed by atoms with van der Waals surface area (Å²) in [5.74, 6) is -0.857. The van der Waals surface area contributed by atoms with Gasteiger partial charge in [-0.3, -0.25) is 0 Å². The van der Waals surface area contributed by atoms with Crippen LogP contribution in [0.3, 0.4) is 0 Å². The maximum absolute atomic E-state index is 12.8. The van der Waals surface area contributed by atoms with E-state index in [2.05, 4.69) is 0 Å². The van der Waals surface area contributed by atoms with E-state index < -0.39 is 27.5 Å². The Kier molecular flexibility index (Phi) is 3.97. The highest BCUT2D eigenvalue weighted by atomic mass is 32.2. The summed E-state index contributed by atoms with van der Waals surface area (Å²) in [7, 11) is -3.56. The van der Waals surface area contributed by atoms with Gasteiger partial charge in [-0.1, -0.05) is 30.3 Å². The van der Waals surface area contributed by atoms with Crippen LogP contribution in [0.1, 0.15) is 11.7 Å². The summed E-state index contributed by atoms with van der Waals surface area (Å²) < 4.78 is 36.9. The first-order valence-electron chi connectivity index (χ1n) is 5.70. The van der Waals surface area contributed by atoms with Crippen LogP contribution < -0.4 is 0 Å². The van der Waals surface area contributed by atoms with Crippen LogP contribution in [0.15, 0.2) is 59.5 Å². The number of sulfone groups is 1. The Hall–Kier alpha value is -1.72. The molecule has 100 valence electrons. The van der Waals surface area contributed by atoms with Gasteiger partial charge in [0.15, 0.2) is 9.84 Å². The van der Waals surface area contributed by atoms with Crippen LogP contribution in [0.25, 0.3) is 0 Å². The molecular weight excluding hydrogens is 267 g/mol. The van der Waals surface area contributed by atoms with E-state index in [-0.39, 0.29) is 4.90 Å². The molecular formula is C14H13FO3S. The van der Waals surface area contributed by atoms with E-state index >= 15 is 0 Å². The zero-order valence-electron chi connectivity index (χ0n) is 10.0. The largest absolute Gasteiger partial charge is 0.387 e. The normalized spacial score (nSPS) is 13.2. The van der Waals surface area contributed by atoms with Crippen LogP contribution in [-0.4, -0.2) is 19.3 Å². The summed E-state index contributed by atoms with van der Waals surface area (Å²) in [6, 6.07) is 13.0. The monoisotopic (exact) mass is 280 g/mol.